The normalized spacial score (nSPS) is 21.0. The summed E-state index contributed by atoms with van der Waals surface area (Å²) in [4.78, 5) is 0. The fourth-order valence-corrected chi connectivity index (χ4v) is 3.84. The van der Waals surface area contributed by atoms with Crippen LogP contribution in [0.4, 0.5) is 0 Å². The van der Waals surface area contributed by atoms with Gasteiger partial charge >= 0.3 is 9.28 Å². The average Bonchev–Trinajstić information content (AvgIpc) is 2.32. The Hall–Kier alpha value is -0.643. The van der Waals surface area contributed by atoms with Crippen LogP contribution < -0.4 is 0 Å². The molecule has 0 spiro atoms. The summed E-state index contributed by atoms with van der Waals surface area (Å²) >= 11 is 0. The molecule has 88 valence electrons. The van der Waals surface area contributed by atoms with Crippen LogP contribution in [0.5, 0.6) is 0 Å². The van der Waals surface area contributed by atoms with E-state index in [0.29, 0.717) is 0 Å². The van der Waals surface area contributed by atoms with Crippen LogP contribution in [0.15, 0.2) is 18.2 Å². The molecule has 1 aliphatic heterocycles. The molecule has 1 aromatic rings. The van der Waals surface area contributed by atoms with Crippen molar-refractivity contribution in [3.05, 3.63) is 34.9 Å². The monoisotopic (exact) mass is 236 g/mol. The number of aryl methyl sites for hydroxylation is 1. The summed E-state index contributed by atoms with van der Waals surface area (Å²) in [5, 5.41) is 0. The predicted octanol–water partition coefficient (Wildman–Crippen LogP) is 2.85. The predicted molar refractivity (Wildman–Crippen MR) is 67.8 cm³/mol. The molecular formula is C13H20O2Si. The Morgan fingerprint density at radius 2 is 2.19 bits per heavy atom. The van der Waals surface area contributed by atoms with Gasteiger partial charge in [0.1, 0.15) is 0 Å². The van der Waals surface area contributed by atoms with Gasteiger partial charge in [0.2, 0.25) is 0 Å². The van der Waals surface area contributed by atoms with Crippen LogP contribution in [0.2, 0.25) is 6.04 Å². The van der Waals surface area contributed by atoms with Crippen LogP contribution in [-0.4, -0.2) is 15.9 Å². The van der Waals surface area contributed by atoms with Gasteiger partial charge in [-0.1, -0.05) is 18.2 Å². The van der Waals surface area contributed by atoms with Gasteiger partial charge in [-0.2, -0.15) is 0 Å². The zero-order valence-electron chi connectivity index (χ0n) is 10.2. The van der Waals surface area contributed by atoms with Gasteiger partial charge in [-0.25, -0.2) is 0 Å². The maximum absolute atomic E-state index is 5.92. The summed E-state index contributed by atoms with van der Waals surface area (Å²) < 4.78 is 11.6. The smallest absolute Gasteiger partial charge is 0.321 e. The lowest BCUT2D eigenvalue weighted by Gasteiger charge is -2.21. The molecule has 2 rings (SSSR count). The van der Waals surface area contributed by atoms with E-state index in [-0.39, 0.29) is 0 Å². The molecule has 16 heavy (non-hydrogen) atoms. The topological polar surface area (TPSA) is 18.5 Å². The molecule has 1 heterocycles. The Bertz CT molecular complexity index is 346. The highest BCUT2D eigenvalue weighted by molar-refractivity contribution is 6.44. The largest absolute Gasteiger partial charge is 0.397 e. The molecule has 0 bridgehead atoms. The van der Waals surface area contributed by atoms with Gasteiger partial charge in [-0.3, -0.25) is 0 Å². The number of hydrogen-bond donors (Lipinski definition) is 0. The molecule has 1 aromatic carbocycles. The fourth-order valence-electron chi connectivity index (χ4n) is 1.99. The number of hydrogen-bond acceptors (Lipinski definition) is 2. The lowest BCUT2D eigenvalue weighted by atomic mass is 10.0. The van der Waals surface area contributed by atoms with Crippen LogP contribution in [0, 0.1) is 13.8 Å². The van der Waals surface area contributed by atoms with Crippen molar-refractivity contribution in [3.63, 3.8) is 0 Å². The summed E-state index contributed by atoms with van der Waals surface area (Å²) in [6.07, 6.45) is 2.49. The third kappa shape index (κ3) is 2.94. The van der Waals surface area contributed by atoms with Gasteiger partial charge < -0.3 is 8.85 Å². The van der Waals surface area contributed by atoms with Crippen LogP contribution in [0.3, 0.4) is 0 Å². The highest BCUT2D eigenvalue weighted by atomic mass is 28.3. The second-order valence-corrected chi connectivity index (χ2v) is 6.57. The second-order valence-electron chi connectivity index (χ2n) is 4.47. The third-order valence-electron chi connectivity index (χ3n) is 3.28. The molecule has 0 N–H and O–H groups in total. The van der Waals surface area contributed by atoms with E-state index in [4.69, 9.17) is 8.85 Å². The first-order chi connectivity index (χ1) is 7.77. The first-order valence-electron chi connectivity index (χ1n) is 6.05. The molecule has 0 radical (unpaired) electrons. The highest BCUT2D eigenvalue weighted by Crippen LogP contribution is 2.17. The van der Waals surface area contributed by atoms with Crippen molar-refractivity contribution in [2.24, 2.45) is 0 Å². The van der Waals surface area contributed by atoms with Gasteiger partial charge in [0.25, 0.3) is 0 Å². The molecule has 0 saturated carbocycles. The van der Waals surface area contributed by atoms with E-state index in [1.54, 1.807) is 0 Å². The van der Waals surface area contributed by atoms with E-state index >= 15 is 0 Å². The van der Waals surface area contributed by atoms with Crippen molar-refractivity contribution in [1.82, 2.24) is 0 Å². The van der Waals surface area contributed by atoms with Crippen LogP contribution in [0.25, 0.3) is 0 Å². The minimum absolute atomic E-state index is 0.727. The summed E-state index contributed by atoms with van der Waals surface area (Å²) in [7, 11) is -1.33. The van der Waals surface area contributed by atoms with E-state index < -0.39 is 9.28 Å². The van der Waals surface area contributed by atoms with Gasteiger partial charge in [0.15, 0.2) is 0 Å². The van der Waals surface area contributed by atoms with E-state index in [1.165, 1.54) is 35.6 Å². The third-order valence-corrected chi connectivity index (χ3v) is 5.31. The van der Waals surface area contributed by atoms with Gasteiger partial charge in [0.05, 0.1) is 6.61 Å². The van der Waals surface area contributed by atoms with Crippen LogP contribution in [0.1, 0.15) is 29.5 Å². The Labute approximate surface area is 99.4 Å². The number of rotatable bonds is 3. The molecule has 2 nitrogen and oxygen atoms in total. The lowest BCUT2D eigenvalue weighted by molar-refractivity contribution is 0.170. The van der Waals surface area contributed by atoms with Crippen LogP contribution in [-0.2, 0) is 15.5 Å². The summed E-state index contributed by atoms with van der Waals surface area (Å²) in [6.45, 7) is 5.94. The molecule has 1 atom stereocenters. The number of benzene rings is 1. The van der Waals surface area contributed by atoms with Crippen molar-refractivity contribution >= 4 is 9.28 Å². The lowest BCUT2D eigenvalue weighted by Crippen LogP contribution is -2.26. The first-order valence-corrected chi connectivity index (χ1v) is 7.81. The Kier molecular flexibility index (Phi) is 4.15. The Morgan fingerprint density at radius 3 is 2.94 bits per heavy atom. The zero-order chi connectivity index (χ0) is 11.4. The van der Waals surface area contributed by atoms with Gasteiger partial charge in [-0.15, -0.1) is 0 Å². The van der Waals surface area contributed by atoms with Crippen molar-refractivity contribution in [3.8, 4) is 0 Å². The van der Waals surface area contributed by atoms with Gasteiger partial charge in [-0.05, 0) is 49.4 Å². The Morgan fingerprint density at radius 1 is 1.31 bits per heavy atom. The molecule has 1 unspecified atom stereocenters. The van der Waals surface area contributed by atoms with Gasteiger partial charge in [0, 0.05) is 6.61 Å². The highest BCUT2D eigenvalue weighted by Gasteiger charge is 2.17. The van der Waals surface area contributed by atoms with E-state index in [0.717, 1.165) is 13.2 Å². The molecule has 0 amide bonds. The van der Waals surface area contributed by atoms with E-state index in [1.807, 2.05) is 0 Å². The first kappa shape index (κ1) is 11.8. The van der Waals surface area contributed by atoms with E-state index in [2.05, 4.69) is 32.0 Å². The molecule has 1 saturated heterocycles. The summed E-state index contributed by atoms with van der Waals surface area (Å²) in [5.41, 5.74) is 4.00. The molecular weight excluding hydrogens is 216 g/mol. The SMILES string of the molecule is Cc1cccc(CO[SiH]2CCCCO2)c1C. The van der Waals surface area contributed by atoms with Crippen molar-refractivity contribution < 1.29 is 8.85 Å². The van der Waals surface area contributed by atoms with Crippen LogP contribution >= 0.6 is 0 Å². The second kappa shape index (κ2) is 5.62. The zero-order valence-corrected chi connectivity index (χ0v) is 11.3. The van der Waals surface area contributed by atoms with E-state index in [9.17, 15) is 0 Å². The maximum atomic E-state index is 5.92. The van der Waals surface area contributed by atoms with Crippen molar-refractivity contribution in [2.45, 2.75) is 39.3 Å². The summed E-state index contributed by atoms with van der Waals surface area (Å²) in [5.74, 6) is 0. The van der Waals surface area contributed by atoms with Crippen molar-refractivity contribution in [1.29, 1.82) is 0 Å². The quantitative estimate of drug-likeness (QED) is 0.751. The molecule has 0 aliphatic carbocycles. The molecule has 1 fully saturated rings. The van der Waals surface area contributed by atoms with Crippen molar-refractivity contribution in [2.75, 3.05) is 6.61 Å². The molecule has 3 heteroatoms. The molecule has 1 aliphatic rings. The minimum atomic E-state index is -1.33. The minimum Gasteiger partial charge on any atom is -0.397 e. The average molecular weight is 236 g/mol. The molecule has 0 aromatic heterocycles. The Balaban J connectivity index is 1.91. The fraction of sp³-hybridized carbons (Fsp3) is 0.538. The summed E-state index contributed by atoms with van der Waals surface area (Å²) in [6, 6.07) is 7.57. The standard InChI is InChI=1S/C13H20O2Si/c1-11-6-5-7-13(12(11)2)10-15-16-9-4-3-8-14-16/h5-7,16H,3-4,8-10H2,1-2H3. The maximum Gasteiger partial charge on any atom is 0.321 e.